The van der Waals surface area contributed by atoms with Gasteiger partial charge in [-0.05, 0) is 110 Å². The van der Waals surface area contributed by atoms with Crippen molar-refractivity contribution >= 4 is 23.7 Å². The van der Waals surface area contributed by atoms with Gasteiger partial charge in [0.15, 0.2) is 30.6 Å². The molecule has 4 saturated carbocycles. The number of aliphatic hydroxyl groups is 5. The van der Waals surface area contributed by atoms with Crippen LogP contribution in [0.4, 0.5) is 0 Å². The van der Waals surface area contributed by atoms with Gasteiger partial charge in [-0.2, -0.15) is 0 Å². The van der Waals surface area contributed by atoms with Crippen LogP contribution >= 0.6 is 0 Å². The average molecular weight is 823 g/mol. The van der Waals surface area contributed by atoms with Crippen molar-refractivity contribution in [2.24, 2.45) is 50.2 Å². The summed E-state index contributed by atoms with van der Waals surface area (Å²) in [6.07, 6.45) is -12.2. The van der Waals surface area contributed by atoms with Gasteiger partial charge >= 0.3 is 17.9 Å². The molecule has 19 atom stereocenters. The molecule has 8 N–H and O–H groups in total. The molecule has 58 heavy (non-hydrogen) atoms. The first-order valence-electron chi connectivity index (χ1n) is 20.7. The molecule has 6 unspecified atom stereocenters. The number of carboxylic acid groups (broad SMARTS) is 3. The number of allylic oxidation sites excluding steroid dienone is 2. The minimum Gasteiger partial charge on any atom is -0.481 e. The molecule has 2 heterocycles. The zero-order valence-electron chi connectivity index (χ0n) is 34.4. The number of aliphatic hydroxyl groups excluding tert-OH is 5. The lowest BCUT2D eigenvalue weighted by molar-refractivity contribution is -0.371. The van der Waals surface area contributed by atoms with Gasteiger partial charge in [0.1, 0.15) is 36.6 Å². The quantitative estimate of drug-likeness (QED) is 0.171. The molecule has 7 aliphatic rings. The highest BCUT2D eigenvalue weighted by Gasteiger charge is 2.71. The van der Waals surface area contributed by atoms with Crippen LogP contribution in [-0.2, 0) is 38.1 Å². The van der Waals surface area contributed by atoms with Crippen molar-refractivity contribution in [3.8, 4) is 0 Å². The molecule has 6 fully saturated rings. The average Bonchev–Trinajstić information content (AvgIpc) is 3.13. The molecule has 0 spiro atoms. The van der Waals surface area contributed by atoms with E-state index in [1.165, 1.54) is 0 Å². The molecule has 0 amide bonds. The number of carbonyl (C=O) groups is 4. The summed E-state index contributed by atoms with van der Waals surface area (Å²) in [5.41, 5.74) is -1.81. The second-order valence-electron chi connectivity index (χ2n) is 20.6. The molecule has 0 bridgehead atoms. The maximum absolute atomic E-state index is 14.8. The normalized spacial score (nSPS) is 52.6. The Bertz CT molecular complexity index is 1730. The second kappa shape index (κ2) is 14.3. The highest BCUT2D eigenvalue weighted by molar-refractivity contribution is 5.95. The first-order chi connectivity index (χ1) is 26.8. The van der Waals surface area contributed by atoms with E-state index in [1.807, 2.05) is 26.8 Å². The molecule has 16 heteroatoms. The standard InChI is InChI=1S/C42H62O16/c1-37(2)21-8-11-42(7)31(20(43)16-18-19-17-39(4,36(53)54)13-12-38(19,3)14-15-41(18,42)6)40(21,5)10-9-22(37)55-35-30(26(47)25(46)29(57-35)33(51)52)58-34-27(48)23(44)24(45)28(56-34)32(49)50/h16,19,21-31,34-35,44-48H,8-15,17H2,1-7H3,(H,49,50)(H,51,52)(H,53,54)/t19?,21?,22-,23-,24-,25-,26-,27+,28?,29?,30+,31?,34+,35+,38+,39?,40-,41+,42+/m0/s1. The van der Waals surface area contributed by atoms with Gasteiger partial charge in [0.2, 0.25) is 0 Å². The Hall–Kier alpha value is -2.54. The van der Waals surface area contributed by atoms with Crippen molar-refractivity contribution in [2.45, 2.75) is 174 Å². The number of carboxylic acids is 3. The third kappa shape index (κ3) is 6.25. The molecule has 0 radical (unpaired) electrons. The number of aliphatic carboxylic acids is 3. The van der Waals surface area contributed by atoms with E-state index in [-0.39, 0.29) is 34.4 Å². The highest BCUT2D eigenvalue weighted by atomic mass is 16.8. The van der Waals surface area contributed by atoms with Crippen LogP contribution < -0.4 is 0 Å². The van der Waals surface area contributed by atoms with Crippen molar-refractivity contribution < 1.29 is 79.0 Å². The lowest BCUT2D eigenvalue weighted by Crippen LogP contribution is -2.68. The van der Waals surface area contributed by atoms with Gasteiger partial charge in [-0.1, -0.05) is 47.1 Å². The zero-order valence-corrected chi connectivity index (χ0v) is 34.4. The lowest BCUT2D eigenvalue weighted by atomic mass is 9.33. The van der Waals surface area contributed by atoms with E-state index in [4.69, 9.17) is 18.9 Å². The molecule has 16 nitrogen and oxygen atoms in total. The molecule has 0 aromatic rings. The summed E-state index contributed by atoms with van der Waals surface area (Å²) in [5, 5.41) is 83.0. The smallest absolute Gasteiger partial charge is 0.335 e. The fourth-order valence-corrected chi connectivity index (χ4v) is 13.4. The summed E-state index contributed by atoms with van der Waals surface area (Å²) in [7, 11) is 0. The van der Waals surface area contributed by atoms with Crippen molar-refractivity contribution in [3.63, 3.8) is 0 Å². The monoisotopic (exact) mass is 822 g/mol. The van der Waals surface area contributed by atoms with E-state index in [0.717, 1.165) is 37.7 Å². The minimum absolute atomic E-state index is 0.0217. The molecule has 326 valence electrons. The summed E-state index contributed by atoms with van der Waals surface area (Å²) in [6.45, 7) is 14.8. The van der Waals surface area contributed by atoms with Crippen molar-refractivity contribution in [1.82, 2.24) is 0 Å². The Balaban J connectivity index is 1.17. The number of rotatable bonds is 7. The minimum atomic E-state index is -2.05. The summed E-state index contributed by atoms with van der Waals surface area (Å²) in [4.78, 5) is 51.3. The predicted molar refractivity (Wildman–Crippen MR) is 199 cm³/mol. The molecule has 2 aliphatic heterocycles. The predicted octanol–water partition coefficient (Wildman–Crippen LogP) is 2.25. The molecule has 7 rings (SSSR count). The highest BCUT2D eigenvalue weighted by Crippen LogP contribution is 2.75. The van der Waals surface area contributed by atoms with E-state index in [1.54, 1.807) is 0 Å². The fraction of sp³-hybridized carbons (Fsp3) is 0.857. The van der Waals surface area contributed by atoms with Crippen LogP contribution in [0.25, 0.3) is 0 Å². The maximum atomic E-state index is 14.8. The molecule has 0 aromatic carbocycles. The van der Waals surface area contributed by atoms with E-state index >= 15 is 0 Å². The Morgan fingerprint density at radius 1 is 0.690 bits per heavy atom. The largest absolute Gasteiger partial charge is 0.481 e. The summed E-state index contributed by atoms with van der Waals surface area (Å²) < 4.78 is 23.4. The van der Waals surface area contributed by atoms with Crippen molar-refractivity contribution in [3.05, 3.63) is 11.6 Å². The van der Waals surface area contributed by atoms with Crippen LogP contribution in [0.5, 0.6) is 0 Å². The van der Waals surface area contributed by atoms with Crippen LogP contribution in [0.1, 0.15) is 106 Å². The van der Waals surface area contributed by atoms with Gasteiger partial charge in [-0.25, -0.2) is 9.59 Å². The van der Waals surface area contributed by atoms with Gasteiger partial charge in [-0.15, -0.1) is 0 Å². The van der Waals surface area contributed by atoms with E-state index in [9.17, 15) is 60.0 Å². The first-order valence-corrected chi connectivity index (χ1v) is 20.7. The van der Waals surface area contributed by atoms with Crippen LogP contribution in [0.15, 0.2) is 11.6 Å². The van der Waals surface area contributed by atoms with E-state index < -0.39 is 107 Å². The van der Waals surface area contributed by atoms with E-state index in [2.05, 4.69) is 27.7 Å². The van der Waals surface area contributed by atoms with Crippen LogP contribution in [0.3, 0.4) is 0 Å². The van der Waals surface area contributed by atoms with Gasteiger partial charge in [0.25, 0.3) is 0 Å². The molecule has 0 aromatic heterocycles. The van der Waals surface area contributed by atoms with Gasteiger partial charge in [0.05, 0.1) is 11.5 Å². The van der Waals surface area contributed by atoms with Gasteiger partial charge < -0.3 is 59.8 Å². The Morgan fingerprint density at radius 2 is 1.28 bits per heavy atom. The first kappa shape index (κ1) is 43.5. The van der Waals surface area contributed by atoms with Crippen molar-refractivity contribution in [1.29, 1.82) is 0 Å². The van der Waals surface area contributed by atoms with Crippen LogP contribution in [-0.4, -0.2) is 132 Å². The number of ketones is 1. The Kier molecular flexibility index (Phi) is 10.7. The van der Waals surface area contributed by atoms with E-state index in [0.29, 0.717) is 25.7 Å². The Morgan fingerprint density at radius 3 is 1.88 bits per heavy atom. The summed E-state index contributed by atoms with van der Waals surface area (Å²) in [5.74, 6) is -4.47. The third-order valence-corrected chi connectivity index (χ3v) is 17.2. The molecular formula is C42H62O16. The summed E-state index contributed by atoms with van der Waals surface area (Å²) in [6, 6.07) is 0. The molecule has 5 aliphatic carbocycles. The lowest BCUT2D eigenvalue weighted by Gasteiger charge is -2.70. The second-order valence-corrected chi connectivity index (χ2v) is 20.6. The molecular weight excluding hydrogens is 760 g/mol. The Labute approximate surface area is 337 Å². The fourth-order valence-electron chi connectivity index (χ4n) is 13.4. The number of carbonyl (C=O) groups excluding carboxylic acids is 1. The number of fused-ring (bicyclic) bond motifs is 7. The number of ether oxygens (including phenoxy) is 4. The third-order valence-electron chi connectivity index (χ3n) is 17.2. The maximum Gasteiger partial charge on any atom is 0.335 e. The van der Waals surface area contributed by atoms with Crippen LogP contribution in [0, 0.1) is 50.2 Å². The van der Waals surface area contributed by atoms with Gasteiger partial charge in [-0.3, -0.25) is 9.59 Å². The zero-order chi connectivity index (χ0) is 42.9. The van der Waals surface area contributed by atoms with Crippen LogP contribution in [0.2, 0.25) is 0 Å². The number of hydrogen-bond acceptors (Lipinski definition) is 13. The topological polar surface area (TPSA) is 267 Å². The number of hydrogen-bond donors (Lipinski definition) is 8. The summed E-state index contributed by atoms with van der Waals surface area (Å²) >= 11 is 0. The molecule has 2 saturated heterocycles. The van der Waals surface area contributed by atoms with Crippen molar-refractivity contribution in [2.75, 3.05) is 0 Å². The SMILES string of the molecule is CC1(C(=O)O)CC[C@]2(C)CC[C@]3(C)C(=CC(=O)C4[C@@]5(C)CC[C@H](O[C@@H]6OC(C(=O)O)[C@@H](O)[C@H](O)[C@H]6O[C@H]6OC(C(=O)O)[C@@H](O)[C@H](O)[C@H]6O)C(C)(C)C5CC[C@]43C)C2C1. The van der Waals surface area contributed by atoms with Gasteiger partial charge in [0, 0.05) is 5.92 Å².